The van der Waals surface area contributed by atoms with Gasteiger partial charge in [-0.25, -0.2) is 13.4 Å². The summed E-state index contributed by atoms with van der Waals surface area (Å²) in [6.07, 6.45) is -3.00. The Morgan fingerprint density at radius 3 is 2.42 bits per heavy atom. The van der Waals surface area contributed by atoms with Crippen molar-refractivity contribution in [3.05, 3.63) is 71.1 Å². The van der Waals surface area contributed by atoms with E-state index in [0.29, 0.717) is 31.6 Å². The van der Waals surface area contributed by atoms with E-state index in [1.165, 1.54) is 10.4 Å². The van der Waals surface area contributed by atoms with Gasteiger partial charge in [0, 0.05) is 38.3 Å². The summed E-state index contributed by atoms with van der Waals surface area (Å²) in [7, 11) is -4.01. The molecule has 2 heterocycles. The highest BCUT2D eigenvalue weighted by Gasteiger charge is 2.34. The molecule has 1 aliphatic heterocycles. The predicted molar refractivity (Wildman–Crippen MR) is 117 cm³/mol. The first-order chi connectivity index (χ1) is 15.5. The lowest BCUT2D eigenvalue weighted by atomic mass is 10.1. The van der Waals surface area contributed by atoms with Crippen molar-refractivity contribution in [1.29, 1.82) is 0 Å². The van der Waals surface area contributed by atoms with Crippen LogP contribution in [0.2, 0.25) is 0 Å². The van der Waals surface area contributed by atoms with Crippen LogP contribution in [0.15, 0.2) is 58.0 Å². The number of nitrogens with zero attached hydrogens (tertiary/aromatic N) is 3. The van der Waals surface area contributed by atoms with Gasteiger partial charge in [0.2, 0.25) is 15.9 Å². The van der Waals surface area contributed by atoms with Gasteiger partial charge < -0.3 is 4.42 Å². The van der Waals surface area contributed by atoms with E-state index in [-0.39, 0.29) is 18.0 Å². The molecule has 176 valence electrons. The van der Waals surface area contributed by atoms with Crippen LogP contribution in [0.25, 0.3) is 11.5 Å². The highest BCUT2D eigenvalue weighted by molar-refractivity contribution is 7.89. The van der Waals surface area contributed by atoms with Crippen LogP contribution in [0, 0.1) is 13.8 Å². The Balaban J connectivity index is 1.40. The molecule has 0 amide bonds. The quantitative estimate of drug-likeness (QED) is 0.540. The number of sulfonamides is 1. The third kappa shape index (κ3) is 5.13. The zero-order valence-electron chi connectivity index (χ0n) is 18.3. The van der Waals surface area contributed by atoms with E-state index >= 15 is 0 Å². The van der Waals surface area contributed by atoms with Gasteiger partial charge in [0.25, 0.3) is 0 Å². The molecule has 0 aliphatic carbocycles. The molecule has 1 saturated heterocycles. The van der Waals surface area contributed by atoms with Crippen molar-refractivity contribution in [3.8, 4) is 11.5 Å². The lowest BCUT2D eigenvalue weighted by Gasteiger charge is -2.33. The first-order valence-corrected chi connectivity index (χ1v) is 11.9. The number of halogens is 3. The molecular weight excluding hydrogens is 455 g/mol. The first-order valence-electron chi connectivity index (χ1n) is 10.5. The van der Waals surface area contributed by atoms with Gasteiger partial charge in [-0.1, -0.05) is 23.8 Å². The molecule has 0 bridgehead atoms. The molecule has 0 unspecified atom stereocenters. The molecule has 0 N–H and O–H groups in total. The largest absolute Gasteiger partial charge is 0.444 e. The number of rotatable bonds is 5. The lowest BCUT2D eigenvalue weighted by molar-refractivity contribution is -0.137. The fourth-order valence-corrected chi connectivity index (χ4v) is 5.36. The maximum absolute atomic E-state index is 13.0. The average Bonchev–Trinajstić information content (AvgIpc) is 3.21. The van der Waals surface area contributed by atoms with E-state index in [1.807, 2.05) is 30.9 Å². The van der Waals surface area contributed by atoms with Crippen molar-refractivity contribution in [1.82, 2.24) is 14.2 Å². The number of aromatic nitrogens is 1. The summed E-state index contributed by atoms with van der Waals surface area (Å²) in [4.78, 5) is 6.26. The highest BCUT2D eigenvalue weighted by Crippen LogP contribution is 2.31. The van der Waals surface area contributed by atoms with Gasteiger partial charge in [0.05, 0.1) is 16.2 Å². The van der Waals surface area contributed by atoms with Gasteiger partial charge in [-0.3, -0.25) is 4.90 Å². The average molecular weight is 480 g/mol. The second kappa shape index (κ2) is 8.92. The van der Waals surface area contributed by atoms with Gasteiger partial charge >= 0.3 is 6.18 Å². The molecule has 0 spiro atoms. The van der Waals surface area contributed by atoms with E-state index in [4.69, 9.17) is 4.42 Å². The summed E-state index contributed by atoms with van der Waals surface area (Å²) in [6, 6.07) is 9.88. The summed E-state index contributed by atoms with van der Waals surface area (Å²) in [5.41, 5.74) is 2.90. The zero-order valence-corrected chi connectivity index (χ0v) is 19.1. The number of aryl methyl sites for hydroxylation is 2. The van der Waals surface area contributed by atoms with Crippen molar-refractivity contribution >= 4 is 10.0 Å². The van der Waals surface area contributed by atoms with Gasteiger partial charge in [-0.05, 0) is 43.7 Å². The molecule has 2 aromatic carbocycles. The number of oxazole rings is 1. The van der Waals surface area contributed by atoms with E-state index in [2.05, 4.69) is 11.1 Å². The monoisotopic (exact) mass is 479 g/mol. The minimum absolute atomic E-state index is 0.181. The van der Waals surface area contributed by atoms with Crippen molar-refractivity contribution in [2.45, 2.75) is 31.5 Å². The Kier molecular flexibility index (Phi) is 6.35. The molecule has 1 aliphatic rings. The lowest BCUT2D eigenvalue weighted by Crippen LogP contribution is -2.48. The van der Waals surface area contributed by atoms with Crippen molar-refractivity contribution in [2.75, 3.05) is 26.2 Å². The molecular formula is C23H24F3N3O3S. The summed E-state index contributed by atoms with van der Waals surface area (Å²) >= 11 is 0. The smallest absolute Gasteiger partial charge is 0.416 e. The van der Waals surface area contributed by atoms with E-state index < -0.39 is 21.8 Å². The third-order valence-electron chi connectivity index (χ3n) is 5.68. The van der Waals surface area contributed by atoms with Crippen molar-refractivity contribution < 1.29 is 26.0 Å². The minimum atomic E-state index is -4.60. The topological polar surface area (TPSA) is 66.7 Å². The summed E-state index contributed by atoms with van der Waals surface area (Å²) < 4.78 is 71.5. The highest BCUT2D eigenvalue weighted by atomic mass is 32.2. The third-order valence-corrected chi connectivity index (χ3v) is 7.57. The maximum atomic E-state index is 13.0. The fraction of sp³-hybridized carbons (Fsp3) is 0.348. The van der Waals surface area contributed by atoms with Crippen LogP contribution in [0.5, 0.6) is 0 Å². The SMILES string of the molecule is Cc1ccc(-c2nc(CN3CCN(S(=O)(=O)c4cccc(C(F)(F)F)c4)CC3)co2)c(C)c1. The van der Waals surface area contributed by atoms with Gasteiger partial charge in [-0.2, -0.15) is 17.5 Å². The number of alkyl halides is 3. The summed E-state index contributed by atoms with van der Waals surface area (Å²) in [5, 5.41) is 0. The molecule has 0 saturated carbocycles. The molecule has 4 rings (SSSR count). The second-order valence-corrected chi connectivity index (χ2v) is 10.1. The number of hydrogen-bond donors (Lipinski definition) is 0. The molecule has 0 radical (unpaired) electrons. The molecule has 1 fully saturated rings. The Morgan fingerprint density at radius 1 is 1.03 bits per heavy atom. The molecule has 3 aromatic rings. The Labute approximate surface area is 190 Å². The Hall–Kier alpha value is -2.69. The predicted octanol–water partition coefficient (Wildman–Crippen LogP) is 4.48. The van der Waals surface area contributed by atoms with Gasteiger partial charge in [0.1, 0.15) is 6.26 Å². The number of hydrogen-bond acceptors (Lipinski definition) is 5. The van der Waals surface area contributed by atoms with Crippen LogP contribution in [-0.2, 0) is 22.7 Å². The summed E-state index contributed by atoms with van der Waals surface area (Å²) in [5.74, 6) is 0.535. The normalized spacial score (nSPS) is 16.3. The maximum Gasteiger partial charge on any atom is 0.416 e. The van der Waals surface area contributed by atoms with Gasteiger partial charge in [0.15, 0.2) is 0 Å². The van der Waals surface area contributed by atoms with E-state index in [0.717, 1.165) is 34.5 Å². The van der Waals surface area contributed by atoms with E-state index in [1.54, 1.807) is 6.26 Å². The first kappa shape index (κ1) is 23.5. The number of benzene rings is 2. The van der Waals surface area contributed by atoms with Crippen molar-refractivity contribution in [2.24, 2.45) is 0 Å². The Morgan fingerprint density at radius 2 is 1.76 bits per heavy atom. The standard InChI is InChI=1S/C23H24F3N3O3S/c1-16-6-7-21(17(2)12-16)22-27-19(15-32-22)14-28-8-10-29(11-9-28)33(30,31)20-5-3-4-18(13-20)23(24,25)26/h3-7,12-13,15H,8-11,14H2,1-2H3. The van der Waals surface area contributed by atoms with Crippen LogP contribution >= 0.6 is 0 Å². The van der Waals surface area contributed by atoms with Gasteiger partial charge in [-0.15, -0.1) is 0 Å². The fourth-order valence-electron chi connectivity index (χ4n) is 3.90. The van der Waals surface area contributed by atoms with Crippen LogP contribution < -0.4 is 0 Å². The van der Waals surface area contributed by atoms with Crippen LogP contribution in [0.1, 0.15) is 22.4 Å². The molecule has 10 heteroatoms. The molecule has 0 atom stereocenters. The zero-order chi connectivity index (χ0) is 23.8. The van der Waals surface area contributed by atoms with E-state index in [9.17, 15) is 21.6 Å². The summed E-state index contributed by atoms with van der Waals surface area (Å²) in [6.45, 7) is 5.74. The minimum Gasteiger partial charge on any atom is -0.444 e. The number of piperazine rings is 1. The van der Waals surface area contributed by atoms with Crippen LogP contribution in [0.4, 0.5) is 13.2 Å². The molecule has 33 heavy (non-hydrogen) atoms. The second-order valence-electron chi connectivity index (χ2n) is 8.17. The van der Waals surface area contributed by atoms with Crippen LogP contribution in [0.3, 0.4) is 0 Å². The molecule has 6 nitrogen and oxygen atoms in total. The molecule has 1 aromatic heterocycles. The van der Waals surface area contributed by atoms with Crippen molar-refractivity contribution in [3.63, 3.8) is 0 Å². The Bertz CT molecular complexity index is 1250. The van der Waals surface area contributed by atoms with Crippen LogP contribution in [-0.4, -0.2) is 48.8 Å².